The summed E-state index contributed by atoms with van der Waals surface area (Å²) in [4.78, 5) is 34.3. The Morgan fingerprint density at radius 3 is 2.57 bits per heavy atom. The number of aromatic nitrogens is 2. The molecule has 0 spiro atoms. The first-order chi connectivity index (χ1) is 16.9. The van der Waals surface area contributed by atoms with Gasteiger partial charge in [0.1, 0.15) is 9.58 Å². The molecule has 35 heavy (non-hydrogen) atoms. The van der Waals surface area contributed by atoms with E-state index in [2.05, 4.69) is 27.7 Å². The standard InChI is InChI=1S/C28H22N3O2S2/c1-16-12-23(33)19(28-27(16)29-20-6-4-5-7-24(20)35-28)15-31-21-10-8-17(30(2)3)13-25(21)34-26-14-18(32)9-11-22(26)31/h4-14H,15H2,1-3H3/q+1. The predicted molar refractivity (Wildman–Crippen MR) is 146 cm³/mol. The summed E-state index contributed by atoms with van der Waals surface area (Å²) >= 11 is 3.21. The third-order valence-corrected chi connectivity index (χ3v) is 8.63. The van der Waals surface area contributed by atoms with Crippen LogP contribution in [-0.4, -0.2) is 19.1 Å². The summed E-state index contributed by atoms with van der Waals surface area (Å²) in [7, 11) is 4.02. The molecule has 0 saturated carbocycles. The van der Waals surface area contributed by atoms with Gasteiger partial charge >= 0.3 is 0 Å². The SMILES string of the molecule is Cc1cc(=O)c(C[n+]2c3ccc(=O)cc-3sc3cc(N(C)C)ccc32)c2sc3ccccc3nc1-2. The number of para-hydroxylation sites is 1. The van der Waals surface area contributed by atoms with Gasteiger partial charge in [0, 0.05) is 38.0 Å². The van der Waals surface area contributed by atoms with Crippen molar-refractivity contribution < 1.29 is 4.57 Å². The van der Waals surface area contributed by atoms with Crippen LogP contribution in [0.3, 0.4) is 0 Å². The van der Waals surface area contributed by atoms with Crippen molar-refractivity contribution in [2.24, 2.45) is 0 Å². The smallest absolute Gasteiger partial charge is 0.223 e. The summed E-state index contributed by atoms with van der Waals surface area (Å²) in [5.41, 5.74) is 6.45. The molecule has 0 aromatic heterocycles. The van der Waals surface area contributed by atoms with Gasteiger partial charge in [-0.1, -0.05) is 12.1 Å². The van der Waals surface area contributed by atoms with Gasteiger partial charge in [0.25, 0.3) is 0 Å². The molecule has 0 radical (unpaired) electrons. The Bertz CT molecular complexity index is 1820. The zero-order chi connectivity index (χ0) is 24.3. The zero-order valence-corrected chi connectivity index (χ0v) is 21.2. The van der Waals surface area contributed by atoms with Gasteiger partial charge in [-0.2, -0.15) is 4.57 Å². The molecule has 2 aliphatic heterocycles. The highest BCUT2D eigenvalue weighted by Crippen LogP contribution is 2.35. The topological polar surface area (TPSA) is 54.1 Å². The molecule has 0 bridgehead atoms. The van der Waals surface area contributed by atoms with Crippen LogP contribution in [0.5, 0.6) is 0 Å². The highest BCUT2D eigenvalue weighted by Gasteiger charge is 2.27. The van der Waals surface area contributed by atoms with Crippen molar-refractivity contribution in [2.75, 3.05) is 19.0 Å². The lowest BCUT2D eigenvalue weighted by Gasteiger charge is -2.16. The molecule has 0 N–H and O–H groups in total. The molecule has 5 nitrogen and oxygen atoms in total. The molecule has 2 aromatic rings. The lowest BCUT2D eigenvalue weighted by atomic mass is 10.0. The molecule has 2 aliphatic carbocycles. The molecule has 2 heterocycles. The molecule has 4 aliphatic rings. The molecule has 2 aromatic carbocycles. The van der Waals surface area contributed by atoms with E-state index in [1.54, 1.807) is 40.9 Å². The van der Waals surface area contributed by atoms with Crippen LogP contribution in [0.4, 0.5) is 5.69 Å². The molecule has 0 saturated heterocycles. The second-order valence-corrected chi connectivity index (χ2v) is 11.0. The minimum atomic E-state index is -0.0217. The molecular formula is C28H22N3O2S2+. The van der Waals surface area contributed by atoms with Crippen LogP contribution in [0.15, 0.2) is 76.3 Å². The van der Waals surface area contributed by atoms with E-state index in [-0.39, 0.29) is 10.9 Å². The summed E-state index contributed by atoms with van der Waals surface area (Å²) < 4.78 is 4.27. The van der Waals surface area contributed by atoms with Crippen LogP contribution >= 0.6 is 22.7 Å². The number of fused-ring (bicyclic) bond motifs is 4. The van der Waals surface area contributed by atoms with E-state index in [9.17, 15) is 9.59 Å². The van der Waals surface area contributed by atoms with Crippen LogP contribution in [0.1, 0.15) is 11.1 Å². The van der Waals surface area contributed by atoms with E-state index < -0.39 is 0 Å². The summed E-state index contributed by atoms with van der Waals surface area (Å²) in [5.74, 6) is 0. The van der Waals surface area contributed by atoms with Gasteiger partial charge in [0.2, 0.25) is 11.2 Å². The fourth-order valence-electron chi connectivity index (χ4n) is 4.51. The third kappa shape index (κ3) is 3.68. The minimum Gasteiger partial charge on any atom is -0.378 e. The maximum Gasteiger partial charge on any atom is 0.223 e. The first-order valence-corrected chi connectivity index (χ1v) is 12.9. The number of aryl methyl sites for hydroxylation is 1. The monoisotopic (exact) mass is 496 g/mol. The van der Waals surface area contributed by atoms with Crippen molar-refractivity contribution in [1.82, 2.24) is 4.98 Å². The maximum atomic E-state index is 13.4. The summed E-state index contributed by atoms with van der Waals surface area (Å²) in [5, 5.41) is 0. The summed E-state index contributed by atoms with van der Waals surface area (Å²) in [6, 6.07) is 21.2. The first kappa shape index (κ1) is 21.8. The zero-order valence-electron chi connectivity index (χ0n) is 19.5. The number of benzene rings is 4. The van der Waals surface area contributed by atoms with Crippen molar-refractivity contribution in [1.29, 1.82) is 0 Å². The Morgan fingerprint density at radius 1 is 0.914 bits per heavy atom. The van der Waals surface area contributed by atoms with Crippen LogP contribution in [0.25, 0.3) is 41.6 Å². The van der Waals surface area contributed by atoms with E-state index in [1.165, 1.54) is 0 Å². The number of nitrogens with zero attached hydrogens (tertiary/aromatic N) is 3. The van der Waals surface area contributed by atoms with Crippen molar-refractivity contribution >= 4 is 48.8 Å². The van der Waals surface area contributed by atoms with Crippen molar-refractivity contribution in [3.8, 4) is 21.1 Å². The fourth-order valence-corrected chi connectivity index (χ4v) is 6.85. The van der Waals surface area contributed by atoms with Crippen LogP contribution in [0.2, 0.25) is 0 Å². The molecule has 0 amide bonds. The lowest BCUT2D eigenvalue weighted by molar-refractivity contribution is -0.651. The average molecular weight is 497 g/mol. The number of hydrogen-bond donors (Lipinski definition) is 0. The van der Waals surface area contributed by atoms with Crippen molar-refractivity contribution in [3.63, 3.8) is 0 Å². The fraction of sp³-hybridized carbons (Fsp3) is 0.143. The number of hydrogen-bond acceptors (Lipinski definition) is 6. The van der Waals surface area contributed by atoms with Gasteiger partial charge in [-0.05, 0) is 48.9 Å². The first-order valence-electron chi connectivity index (χ1n) is 11.3. The van der Waals surface area contributed by atoms with E-state index in [4.69, 9.17) is 4.98 Å². The van der Waals surface area contributed by atoms with E-state index in [0.717, 1.165) is 58.4 Å². The maximum absolute atomic E-state index is 13.4. The quantitative estimate of drug-likeness (QED) is 0.251. The van der Waals surface area contributed by atoms with E-state index >= 15 is 0 Å². The van der Waals surface area contributed by atoms with E-state index in [1.807, 2.05) is 51.4 Å². The second kappa shape index (κ2) is 8.22. The predicted octanol–water partition coefficient (Wildman–Crippen LogP) is 5.15. The average Bonchev–Trinajstić information content (AvgIpc) is 2.84. The second-order valence-electron chi connectivity index (χ2n) is 8.89. The highest BCUT2D eigenvalue weighted by atomic mass is 32.1. The summed E-state index contributed by atoms with van der Waals surface area (Å²) in [6.07, 6.45) is 0. The van der Waals surface area contributed by atoms with Gasteiger partial charge in [-0.25, -0.2) is 4.98 Å². The lowest BCUT2D eigenvalue weighted by Crippen LogP contribution is -2.40. The third-order valence-electron chi connectivity index (χ3n) is 6.33. The largest absolute Gasteiger partial charge is 0.378 e. The Balaban J connectivity index is 1.65. The molecule has 0 unspecified atom stereocenters. The highest BCUT2D eigenvalue weighted by molar-refractivity contribution is 7.21. The van der Waals surface area contributed by atoms with Crippen LogP contribution in [0, 0.1) is 6.92 Å². The van der Waals surface area contributed by atoms with Crippen LogP contribution < -0.4 is 20.3 Å². The Hall–Kier alpha value is -3.68. The van der Waals surface area contributed by atoms with Gasteiger partial charge < -0.3 is 4.90 Å². The Labute approximate surface area is 209 Å². The minimum absolute atomic E-state index is 0.00927. The van der Waals surface area contributed by atoms with Crippen molar-refractivity contribution in [2.45, 2.75) is 13.5 Å². The van der Waals surface area contributed by atoms with E-state index in [0.29, 0.717) is 6.54 Å². The van der Waals surface area contributed by atoms with Crippen molar-refractivity contribution in [3.05, 3.63) is 98.3 Å². The van der Waals surface area contributed by atoms with Crippen LogP contribution in [-0.2, 0) is 6.54 Å². The Kier molecular flexibility index (Phi) is 5.12. The number of rotatable bonds is 3. The molecule has 6 rings (SSSR count). The Morgan fingerprint density at radius 2 is 1.74 bits per heavy atom. The number of anilines is 1. The molecular weight excluding hydrogens is 474 g/mol. The molecule has 172 valence electrons. The van der Waals surface area contributed by atoms with Gasteiger partial charge in [0.05, 0.1) is 26.4 Å². The normalized spacial score (nSPS) is 11.6. The summed E-state index contributed by atoms with van der Waals surface area (Å²) in [6.45, 7) is 2.34. The van der Waals surface area contributed by atoms with Gasteiger partial charge in [0.15, 0.2) is 17.4 Å². The molecule has 7 heteroatoms. The van der Waals surface area contributed by atoms with Gasteiger partial charge in [-0.3, -0.25) is 9.59 Å². The molecule has 0 fully saturated rings. The molecule has 0 atom stereocenters. The van der Waals surface area contributed by atoms with Gasteiger partial charge in [-0.15, -0.1) is 22.7 Å².